The molecular formula is C26H42N6O2. The summed E-state index contributed by atoms with van der Waals surface area (Å²) in [4.78, 5) is 34.6. The molecule has 3 aliphatic rings. The standard InChI is InChI=1S/C26H42N6O2/c1-21(2)17-28-13-15-29(16-14-28)18-23-7-10-30(11-8-23)20-32-9-4-5-24(25(32)33)19-31-12-6-22(3)27-26(31)34/h4-5,9,21,23H,3,6-8,10-20H2,1-2H3,(H,27,34). The molecule has 0 spiro atoms. The van der Waals surface area contributed by atoms with Crippen LogP contribution in [-0.2, 0) is 13.2 Å². The monoisotopic (exact) mass is 470 g/mol. The van der Waals surface area contributed by atoms with Gasteiger partial charge in [-0.3, -0.25) is 9.69 Å². The number of likely N-dealkylation sites (tertiary alicyclic amines) is 1. The summed E-state index contributed by atoms with van der Waals surface area (Å²) in [5.41, 5.74) is 1.40. The van der Waals surface area contributed by atoms with Crippen LogP contribution in [0.4, 0.5) is 4.79 Å². The number of urea groups is 1. The molecule has 1 aromatic heterocycles. The molecule has 3 aliphatic heterocycles. The molecule has 8 heteroatoms. The van der Waals surface area contributed by atoms with Gasteiger partial charge in [0, 0.05) is 82.8 Å². The second-order valence-corrected chi connectivity index (χ2v) is 10.7. The van der Waals surface area contributed by atoms with Gasteiger partial charge in [-0.1, -0.05) is 26.5 Å². The Labute approximate surface area is 204 Å². The van der Waals surface area contributed by atoms with E-state index in [2.05, 4.69) is 40.4 Å². The topological polar surface area (TPSA) is 64.1 Å². The van der Waals surface area contributed by atoms with Crippen molar-refractivity contribution in [3.63, 3.8) is 0 Å². The van der Waals surface area contributed by atoms with Crippen molar-refractivity contribution in [3.8, 4) is 0 Å². The molecule has 1 N–H and O–H groups in total. The highest BCUT2D eigenvalue weighted by atomic mass is 16.2. The summed E-state index contributed by atoms with van der Waals surface area (Å²) in [5.74, 6) is 1.50. The zero-order valence-corrected chi connectivity index (χ0v) is 21.0. The Morgan fingerprint density at radius 2 is 1.71 bits per heavy atom. The van der Waals surface area contributed by atoms with Gasteiger partial charge >= 0.3 is 6.03 Å². The Hall–Kier alpha value is -2.16. The lowest BCUT2D eigenvalue weighted by molar-refractivity contribution is 0.0824. The van der Waals surface area contributed by atoms with Crippen LogP contribution in [0, 0.1) is 11.8 Å². The number of aromatic nitrogens is 1. The number of hydrogen-bond acceptors (Lipinski definition) is 5. The van der Waals surface area contributed by atoms with Crippen LogP contribution in [0.2, 0.25) is 0 Å². The van der Waals surface area contributed by atoms with E-state index in [4.69, 9.17) is 0 Å². The lowest BCUT2D eigenvalue weighted by atomic mass is 9.96. The van der Waals surface area contributed by atoms with Crippen LogP contribution in [0.3, 0.4) is 0 Å². The molecule has 1 aromatic rings. The van der Waals surface area contributed by atoms with Gasteiger partial charge in [0.1, 0.15) is 0 Å². The van der Waals surface area contributed by atoms with E-state index >= 15 is 0 Å². The number of piperidine rings is 1. The first-order valence-electron chi connectivity index (χ1n) is 13.0. The van der Waals surface area contributed by atoms with E-state index in [-0.39, 0.29) is 11.6 Å². The van der Waals surface area contributed by atoms with E-state index in [1.54, 1.807) is 9.47 Å². The van der Waals surface area contributed by atoms with Crippen molar-refractivity contribution in [1.82, 2.24) is 29.5 Å². The van der Waals surface area contributed by atoms with E-state index in [1.807, 2.05) is 18.3 Å². The third-order valence-electron chi connectivity index (χ3n) is 7.38. The maximum Gasteiger partial charge on any atom is 0.321 e. The van der Waals surface area contributed by atoms with Gasteiger partial charge in [0.2, 0.25) is 0 Å². The number of carbonyl (C=O) groups excluding carboxylic acids is 1. The fourth-order valence-electron chi connectivity index (χ4n) is 5.40. The van der Waals surface area contributed by atoms with Crippen molar-refractivity contribution in [1.29, 1.82) is 0 Å². The van der Waals surface area contributed by atoms with Crippen LogP contribution in [0.5, 0.6) is 0 Å². The molecule has 0 atom stereocenters. The van der Waals surface area contributed by atoms with Crippen LogP contribution < -0.4 is 10.9 Å². The van der Waals surface area contributed by atoms with Crippen molar-refractivity contribution >= 4 is 6.03 Å². The minimum absolute atomic E-state index is 0.00101. The molecule has 0 saturated carbocycles. The lowest BCUT2D eigenvalue weighted by Crippen LogP contribution is -2.49. The number of hydrogen-bond donors (Lipinski definition) is 1. The Morgan fingerprint density at radius 1 is 1.00 bits per heavy atom. The van der Waals surface area contributed by atoms with E-state index in [1.165, 1.54) is 52.1 Å². The largest absolute Gasteiger partial charge is 0.321 e. The van der Waals surface area contributed by atoms with Gasteiger partial charge in [0.05, 0.1) is 13.2 Å². The number of nitrogens with zero attached hydrogens (tertiary/aromatic N) is 5. The number of rotatable bonds is 8. The molecule has 0 unspecified atom stereocenters. The van der Waals surface area contributed by atoms with Gasteiger partial charge in [0.25, 0.3) is 5.56 Å². The summed E-state index contributed by atoms with van der Waals surface area (Å²) >= 11 is 0. The maximum atomic E-state index is 13.1. The number of pyridine rings is 1. The van der Waals surface area contributed by atoms with Crippen molar-refractivity contribution in [2.45, 2.75) is 46.3 Å². The zero-order valence-electron chi connectivity index (χ0n) is 21.0. The van der Waals surface area contributed by atoms with Crippen LogP contribution in [-0.4, -0.2) is 89.1 Å². The normalized spacial score (nSPS) is 21.9. The SMILES string of the molecule is C=C1CCN(Cc2cccn(CN3CCC(CN4CCN(CC(C)C)CC4)CC3)c2=O)C(=O)N1. The molecular weight excluding hydrogens is 428 g/mol. The second-order valence-electron chi connectivity index (χ2n) is 10.7. The van der Waals surface area contributed by atoms with Crippen LogP contribution in [0.1, 0.15) is 38.7 Å². The van der Waals surface area contributed by atoms with Gasteiger partial charge in [-0.2, -0.15) is 0 Å². The molecule has 0 aromatic carbocycles. The predicted molar refractivity (Wildman–Crippen MR) is 135 cm³/mol. The number of nitrogens with one attached hydrogen (secondary N) is 1. The number of amides is 2. The summed E-state index contributed by atoms with van der Waals surface area (Å²) in [6.07, 6.45) is 4.97. The first-order chi connectivity index (χ1) is 16.4. The highest BCUT2D eigenvalue weighted by molar-refractivity contribution is 5.77. The molecule has 188 valence electrons. The summed E-state index contributed by atoms with van der Waals surface area (Å²) in [7, 11) is 0. The third-order valence-corrected chi connectivity index (χ3v) is 7.38. The van der Waals surface area contributed by atoms with Crippen molar-refractivity contribution < 1.29 is 4.79 Å². The fourth-order valence-corrected chi connectivity index (χ4v) is 5.40. The third kappa shape index (κ3) is 6.71. The van der Waals surface area contributed by atoms with Crippen molar-refractivity contribution in [3.05, 3.63) is 46.5 Å². The molecule has 4 rings (SSSR count). The van der Waals surface area contributed by atoms with Gasteiger partial charge in [0.15, 0.2) is 0 Å². The summed E-state index contributed by atoms with van der Waals surface area (Å²) < 4.78 is 1.80. The van der Waals surface area contributed by atoms with E-state index in [9.17, 15) is 9.59 Å². The van der Waals surface area contributed by atoms with E-state index in [0.717, 1.165) is 37.0 Å². The van der Waals surface area contributed by atoms with Crippen LogP contribution in [0.25, 0.3) is 0 Å². The molecule has 2 amide bonds. The minimum atomic E-state index is -0.172. The average molecular weight is 471 g/mol. The number of piperazine rings is 1. The minimum Gasteiger partial charge on any atom is -0.320 e. The van der Waals surface area contributed by atoms with Crippen molar-refractivity contribution in [2.75, 3.05) is 58.9 Å². The second kappa shape index (κ2) is 11.5. The fraction of sp³-hybridized carbons (Fsp3) is 0.692. The van der Waals surface area contributed by atoms with Gasteiger partial charge in [-0.25, -0.2) is 4.79 Å². The summed E-state index contributed by atoms with van der Waals surface area (Å²) in [6, 6.07) is 3.58. The molecule has 0 aliphatic carbocycles. The Morgan fingerprint density at radius 3 is 2.38 bits per heavy atom. The highest BCUT2D eigenvalue weighted by Crippen LogP contribution is 2.20. The van der Waals surface area contributed by atoms with E-state index < -0.39 is 0 Å². The van der Waals surface area contributed by atoms with Crippen LogP contribution >= 0.6 is 0 Å². The quantitative estimate of drug-likeness (QED) is 0.631. The molecule has 0 radical (unpaired) electrons. The lowest BCUT2D eigenvalue weighted by Gasteiger charge is -2.39. The predicted octanol–water partition coefficient (Wildman–Crippen LogP) is 2.22. The molecule has 3 saturated heterocycles. The van der Waals surface area contributed by atoms with Gasteiger partial charge < -0.3 is 24.6 Å². The van der Waals surface area contributed by atoms with Crippen LogP contribution in [0.15, 0.2) is 35.4 Å². The molecule has 3 fully saturated rings. The molecule has 8 nitrogen and oxygen atoms in total. The summed E-state index contributed by atoms with van der Waals surface area (Å²) in [6.45, 7) is 19.3. The first-order valence-corrected chi connectivity index (χ1v) is 13.0. The Balaban J connectivity index is 1.23. The van der Waals surface area contributed by atoms with Crippen molar-refractivity contribution in [2.24, 2.45) is 11.8 Å². The molecule has 4 heterocycles. The Bertz CT molecular complexity index is 897. The first kappa shape index (κ1) is 24.9. The molecule has 34 heavy (non-hydrogen) atoms. The highest BCUT2D eigenvalue weighted by Gasteiger charge is 2.25. The van der Waals surface area contributed by atoms with Gasteiger partial charge in [-0.05, 0) is 30.7 Å². The zero-order chi connectivity index (χ0) is 24.1. The smallest absolute Gasteiger partial charge is 0.320 e. The number of carbonyl (C=O) groups is 1. The van der Waals surface area contributed by atoms with E-state index in [0.29, 0.717) is 25.3 Å². The molecule has 0 bridgehead atoms. The Kier molecular flexibility index (Phi) is 8.45. The summed E-state index contributed by atoms with van der Waals surface area (Å²) in [5, 5.41) is 2.76. The van der Waals surface area contributed by atoms with Gasteiger partial charge in [-0.15, -0.1) is 0 Å². The maximum absolute atomic E-state index is 13.1. The average Bonchev–Trinajstić information content (AvgIpc) is 2.80.